The molecule has 102 valence electrons. The number of nitrogens with zero attached hydrogens (tertiary/aromatic N) is 1. The highest BCUT2D eigenvalue weighted by molar-refractivity contribution is 5.10. The number of aromatic nitrogens is 1. The predicted octanol–water partition coefficient (Wildman–Crippen LogP) is 4.09. The second kappa shape index (κ2) is 8.20. The SMILES string of the molecule is CCCNC(CC(C)CCC)c1ccc(F)cn1. The minimum atomic E-state index is -0.269. The summed E-state index contributed by atoms with van der Waals surface area (Å²) in [6.07, 6.45) is 5.90. The van der Waals surface area contributed by atoms with Gasteiger partial charge < -0.3 is 5.32 Å². The molecule has 0 saturated carbocycles. The van der Waals surface area contributed by atoms with Crippen LogP contribution in [0.2, 0.25) is 0 Å². The topological polar surface area (TPSA) is 24.9 Å². The molecule has 0 spiro atoms. The molecule has 1 aromatic rings. The van der Waals surface area contributed by atoms with Gasteiger partial charge in [0.2, 0.25) is 0 Å². The number of pyridine rings is 1. The Balaban J connectivity index is 2.67. The molecule has 0 fully saturated rings. The van der Waals surface area contributed by atoms with Crippen LogP contribution in [0.1, 0.15) is 58.2 Å². The Labute approximate surface area is 110 Å². The van der Waals surface area contributed by atoms with Gasteiger partial charge in [0.1, 0.15) is 5.82 Å². The fourth-order valence-electron chi connectivity index (χ4n) is 2.23. The van der Waals surface area contributed by atoms with Crippen molar-refractivity contribution in [3.63, 3.8) is 0 Å². The van der Waals surface area contributed by atoms with E-state index in [1.807, 2.05) is 0 Å². The molecule has 1 N–H and O–H groups in total. The highest BCUT2D eigenvalue weighted by Gasteiger charge is 2.15. The summed E-state index contributed by atoms with van der Waals surface area (Å²) >= 11 is 0. The summed E-state index contributed by atoms with van der Waals surface area (Å²) in [5.74, 6) is 0.394. The standard InChI is InChI=1S/C15H25FN2/c1-4-6-12(3)10-15(17-9-5-2)14-8-7-13(16)11-18-14/h7-8,11-12,15,17H,4-6,9-10H2,1-3H3. The van der Waals surface area contributed by atoms with E-state index in [0.717, 1.165) is 25.1 Å². The van der Waals surface area contributed by atoms with Crippen LogP contribution in [-0.2, 0) is 0 Å². The van der Waals surface area contributed by atoms with E-state index in [1.54, 1.807) is 6.07 Å². The van der Waals surface area contributed by atoms with Crippen LogP contribution < -0.4 is 5.32 Å². The zero-order valence-corrected chi connectivity index (χ0v) is 11.7. The average Bonchev–Trinajstić information content (AvgIpc) is 2.36. The highest BCUT2D eigenvalue weighted by atomic mass is 19.1. The van der Waals surface area contributed by atoms with E-state index in [2.05, 4.69) is 31.1 Å². The van der Waals surface area contributed by atoms with Gasteiger partial charge in [-0.3, -0.25) is 4.98 Å². The van der Waals surface area contributed by atoms with Gasteiger partial charge in [-0.15, -0.1) is 0 Å². The fraction of sp³-hybridized carbons (Fsp3) is 0.667. The van der Waals surface area contributed by atoms with Gasteiger partial charge in [-0.25, -0.2) is 4.39 Å². The molecule has 2 atom stereocenters. The lowest BCUT2D eigenvalue weighted by molar-refractivity contribution is 0.384. The van der Waals surface area contributed by atoms with Crippen molar-refractivity contribution >= 4 is 0 Å². The molecule has 0 aromatic carbocycles. The van der Waals surface area contributed by atoms with Crippen LogP contribution in [0.25, 0.3) is 0 Å². The number of nitrogens with one attached hydrogen (secondary N) is 1. The first-order valence-electron chi connectivity index (χ1n) is 7.02. The summed E-state index contributed by atoms with van der Waals surface area (Å²) in [7, 11) is 0. The van der Waals surface area contributed by atoms with Gasteiger partial charge in [0.25, 0.3) is 0 Å². The quantitative estimate of drug-likeness (QED) is 0.754. The Bertz CT molecular complexity index is 324. The third kappa shape index (κ3) is 5.13. The van der Waals surface area contributed by atoms with Gasteiger partial charge in [-0.1, -0.05) is 33.6 Å². The summed E-state index contributed by atoms with van der Waals surface area (Å²) in [5, 5.41) is 3.51. The van der Waals surface area contributed by atoms with Crippen molar-refractivity contribution in [2.45, 2.75) is 52.5 Å². The van der Waals surface area contributed by atoms with Crippen LogP contribution >= 0.6 is 0 Å². The number of rotatable bonds is 8. The second-order valence-corrected chi connectivity index (χ2v) is 5.04. The summed E-state index contributed by atoms with van der Waals surface area (Å²) in [6.45, 7) is 7.61. The molecule has 0 aliphatic heterocycles. The van der Waals surface area contributed by atoms with E-state index < -0.39 is 0 Å². The largest absolute Gasteiger partial charge is 0.309 e. The first-order chi connectivity index (χ1) is 8.67. The van der Waals surface area contributed by atoms with Gasteiger partial charge >= 0.3 is 0 Å². The van der Waals surface area contributed by atoms with Crippen LogP contribution in [0, 0.1) is 11.7 Å². The van der Waals surface area contributed by atoms with Crippen molar-refractivity contribution in [3.05, 3.63) is 29.8 Å². The Morgan fingerprint density at radius 3 is 2.61 bits per heavy atom. The van der Waals surface area contributed by atoms with E-state index in [0.29, 0.717) is 5.92 Å². The van der Waals surface area contributed by atoms with Crippen molar-refractivity contribution in [3.8, 4) is 0 Å². The molecule has 0 aliphatic carbocycles. The number of hydrogen-bond donors (Lipinski definition) is 1. The summed E-state index contributed by atoms with van der Waals surface area (Å²) in [5.41, 5.74) is 0.952. The first-order valence-corrected chi connectivity index (χ1v) is 7.02. The van der Waals surface area contributed by atoms with Crippen molar-refractivity contribution in [1.29, 1.82) is 0 Å². The molecule has 2 nitrogen and oxygen atoms in total. The molecular formula is C15H25FN2. The van der Waals surface area contributed by atoms with Crippen molar-refractivity contribution in [2.24, 2.45) is 5.92 Å². The minimum Gasteiger partial charge on any atom is -0.309 e. The average molecular weight is 252 g/mol. The lowest BCUT2D eigenvalue weighted by Crippen LogP contribution is -2.25. The maximum absolute atomic E-state index is 12.9. The van der Waals surface area contributed by atoms with Crippen LogP contribution in [0.15, 0.2) is 18.3 Å². The van der Waals surface area contributed by atoms with Crippen molar-refractivity contribution < 1.29 is 4.39 Å². The normalized spacial score (nSPS) is 14.4. The summed E-state index contributed by atoms with van der Waals surface area (Å²) in [6, 6.07) is 3.53. The molecule has 0 bridgehead atoms. The molecule has 3 heteroatoms. The molecule has 0 amide bonds. The van der Waals surface area contributed by atoms with Crippen molar-refractivity contribution in [2.75, 3.05) is 6.54 Å². The van der Waals surface area contributed by atoms with Crippen LogP contribution in [-0.4, -0.2) is 11.5 Å². The van der Waals surface area contributed by atoms with Gasteiger partial charge in [-0.2, -0.15) is 0 Å². The monoisotopic (exact) mass is 252 g/mol. The maximum atomic E-state index is 12.9. The molecule has 1 rings (SSSR count). The molecule has 1 heterocycles. The zero-order valence-electron chi connectivity index (χ0n) is 11.7. The smallest absolute Gasteiger partial charge is 0.141 e. The first kappa shape index (κ1) is 15.1. The highest BCUT2D eigenvalue weighted by Crippen LogP contribution is 2.22. The van der Waals surface area contributed by atoms with Gasteiger partial charge in [0.15, 0.2) is 0 Å². The Kier molecular flexibility index (Phi) is 6.88. The van der Waals surface area contributed by atoms with E-state index in [9.17, 15) is 4.39 Å². The van der Waals surface area contributed by atoms with Gasteiger partial charge in [0.05, 0.1) is 11.9 Å². The molecular weight excluding hydrogens is 227 g/mol. The Morgan fingerprint density at radius 1 is 1.28 bits per heavy atom. The van der Waals surface area contributed by atoms with Gasteiger partial charge in [0, 0.05) is 6.04 Å². The number of hydrogen-bond acceptors (Lipinski definition) is 2. The Morgan fingerprint density at radius 2 is 2.06 bits per heavy atom. The fourth-order valence-corrected chi connectivity index (χ4v) is 2.23. The maximum Gasteiger partial charge on any atom is 0.141 e. The van der Waals surface area contributed by atoms with Crippen LogP contribution in [0.4, 0.5) is 4.39 Å². The zero-order chi connectivity index (χ0) is 13.4. The molecule has 2 unspecified atom stereocenters. The van der Waals surface area contributed by atoms with E-state index in [1.165, 1.54) is 25.1 Å². The molecule has 0 saturated heterocycles. The van der Waals surface area contributed by atoms with Crippen LogP contribution in [0.3, 0.4) is 0 Å². The lowest BCUT2D eigenvalue weighted by atomic mass is 9.95. The number of halogens is 1. The predicted molar refractivity (Wildman–Crippen MR) is 73.9 cm³/mol. The molecule has 0 aliphatic rings. The van der Waals surface area contributed by atoms with Gasteiger partial charge in [-0.05, 0) is 37.4 Å². The minimum absolute atomic E-state index is 0.243. The summed E-state index contributed by atoms with van der Waals surface area (Å²) < 4.78 is 12.9. The third-order valence-corrected chi connectivity index (χ3v) is 3.17. The van der Waals surface area contributed by atoms with E-state index >= 15 is 0 Å². The molecule has 1 aromatic heterocycles. The Hall–Kier alpha value is -0.960. The summed E-state index contributed by atoms with van der Waals surface area (Å²) in [4.78, 5) is 4.21. The lowest BCUT2D eigenvalue weighted by Gasteiger charge is -2.21. The third-order valence-electron chi connectivity index (χ3n) is 3.17. The van der Waals surface area contributed by atoms with E-state index in [4.69, 9.17) is 0 Å². The molecule has 18 heavy (non-hydrogen) atoms. The van der Waals surface area contributed by atoms with Crippen LogP contribution in [0.5, 0.6) is 0 Å². The second-order valence-electron chi connectivity index (χ2n) is 5.04. The van der Waals surface area contributed by atoms with E-state index in [-0.39, 0.29) is 11.9 Å². The molecule has 0 radical (unpaired) electrons. The van der Waals surface area contributed by atoms with Crippen molar-refractivity contribution in [1.82, 2.24) is 10.3 Å².